The number of quaternary nitrogens is 1. The fourth-order valence-corrected chi connectivity index (χ4v) is 11.2. The number of carbonyl (C=O) groups is 3. The van der Waals surface area contributed by atoms with E-state index in [1.54, 1.807) is 0 Å². The summed E-state index contributed by atoms with van der Waals surface area (Å²) in [6, 6.07) is 0. The molecule has 0 aromatic heterocycles. The van der Waals surface area contributed by atoms with E-state index in [-0.39, 0.29) is 38.6 Å². The number of unbranched alkanes of at least 4 members (excludes halogenated alkanes) is 27. The molecule has 9 nitrogen and oxygen atoms in total. The van der Waals surface area contributed by atoms with E-state index >= 15 is 0 Å². The smallest absolute Gasteiger partial charge is 0.306 e. The van der Waals surface area contributed by atoms with Crippen LogP contribution in [-0.2, 0) is 33.3 Å². The van der Waals surface area contributed by atoms with Crippen molar-refractivity contribution in [3.63, 3.8) is 0 Å². The van der Waals surface area contributed by atoms with E-state index in [9.17, 15) is 19.5 Å². The van der Waals surface area contributed by atoms with Gasteiger partial charge in [-0.3, -0.25) is 9.59 Å². The van der Waals surface area contributed by atoms with E-state index in [1.165, 1.54) is 135 Å². The molecule has 105 heavy (non-hydrogen) atoms. The Hall–Kier alpha value is -6.13. The average Bonchev–Trinajstić information content (AvgIpc) is 1.18. The Bertz CT molecular complexity index is 2500. The van der Waals surface area contributed by atoms with Gasteiger partial charge >= 0.3 is 11.9 Å². The molecule has 2 atom stereocenters. The number of carbonyl (C=O) groups excluding carboxylic acids is 3. The Labute approximate surface area is 645 Å². The largest absolute Gasteiger partial charge is 0.545 e. The van der Waals surface area contributed by atoms with Gasteiger partial charge < -0.3 is 33.3 Å². The number of allylic oxidation sites excluding steroid dienone is 34. The molecule has 0 saturated heterocycles. The lowest BCUT2D eigenvalue weighted by Gasteiger charge is -2.26. The van der Waals surface area contributed by atoms with Crippen molar-refractivity contribution in [3.8, 4) is 0 Å². The predicted octanol–water partition coefficient (Wildman–Crippen LogP) is 26.5. The third kappa shape index (κ3) is 85.0. The summed E-state index contributed by atoms with van der Waals surface area (Å²) in [6.45, 7) is 4.52. The molecule has 0 N–H and O–H groups in total. The van der Waals surface area contributed by atoms with Gasteiger partial charge in [0.1, 0.15) is 13.2 Å². The number of ether oxygens (including phenoxy) is 4. The Kier molecular flexibility index (Phi) is 78.6. The molecule has 0 fully saturated rings. The number of esters is 2. The number of rotatable bonds is 76. The molecule has 0 saturated carbocycles. The second-order valence-corrected chi connectivity index (χ2v) is 28.7. The summed E-state index contributed by atoms with van der Waals surface area (Å²) in [4.78, 5) is 37.7. The molecule has 0 spiro atoms. The highest BCUT2D eigenvalue weighted by atomic mass is 16.7. The topological polar surface area (TPSA) is 111 Å². The van der Waals surface area contributed by atoms with Crippen LogP contribution in [0.3, 0.4) is 0 Å². The maximum Gasteiger partial charge on any atom is 0.306 e. The molecule has 0 aliphatic rings. The van der Waals surface area contributed by atoms with E-state index in [4.69, 9.17) is 18.9 Å². The number of carboxylic acids is 1. The van der Waals surface area contributed by atoms with Gasteiger partial charge in [-0.05, 0) is 148 Å². The quantitative estimate of drug-likeness (QED) is 0.0195. The van der Waals surface area contributed by atoms with E-state index in [1.807, 2.05) is 21.1 Å². The minimum absolute atomic E-state index is 0.139. The third-order valence-corrected chi connectivity index (χ3v) is 17.5. The van der Waals surface area contributed by atoms with Crippen LogP contribution in [0.2, 0.25) is 0 Å². The van der Waals surface area contributed by atoms with Crippen LogP contribution in [0.1, 0.15) is 322 Å². The van der Waals surface area contributed by atoms with Gasteiger partial charge in [-0.15, -0.1) is 0 Å². The maximum absolute atomic E-state index is 13.0. The van der Waals surface area contributed by atoms with Crippen LogP contribution in [0.5, 0.6) is 0 Å². The number of carboxylic acid groups (broad SMARTS) is 1. The highest BCUT2D eigenvalue weighted by Crippen LogP contribution is 2.18. The number of aliphatic carboxylic acids is 1. The predicted molar refractivity (Wildman–Crippen MR) is 453 cm³/mol. The van der Waals surface area contributed by atoms with Crippen LogP contribution in [0.25, 0.3) is 0 Å². The SMILES string of the molecule is CC/C=C\C/C=C\C/C=C\C/C=C\C/C=C\C/C=C\C/C=C\C/C=C\C/C=C\C/C=C\CCCCCCCCCCCCC(=O)OC(COC(=O)CCCCCCCCCCCCCCCCCCC/C=C\C/C=C\C/C=C\C/C=C\C/C=C\C/C=C\C/C=C\CC)COC(OCC[N+](C)(C)C)C(=O)[O-]. The zero-order chi connectivity index (χ0) is 76.0. The van der Waals surface area contributed by atoms with Gasteiger partial charge in [-0.25, -0.2) is 0 Å². The summed E-state index contributed by atoms with van der Waals surface area (Å²) in [7, 11) is 5.93. The van der Waals surface area contributed by atoms with Crippen molar-refractivity contribution in [2.45, 2.75) is 334 Å². The summed E-state index contributed by atoms with van der Waals surface area (Å²) in [5.74, 6) is -2.29. The van der Waals surface area contributed by atoms with E-state index in [0.29, 0.717) is 17.4 Å². The highest BCUT2D eigenvalue weighted by Gasteiger charge is 2.22. The van der Waals surface area contributed by atoms with Crippen molar-refractivity contribution >= 4 is 17.9 Å². The number of hydrogen-bond donors (Lipinski definition) is 0. The lowest BCUT2D eigenvalue weighted by Crippen LogP contribution is -2.44. The molecule has 0 rings (SSSR count). The lowest BCUT2D eigenvalue weighted by atomic mass is 10.0. The first kappa shape index (κ1) is 98.9. The standard InChI is InChI=1S/C96H155NO8/c1-6-8-10-12-14-16-18-20-22-24-26-28-30-32-34-36-38-40-42-44-46-47-49-51-53-55-57-59-61-63-65-67-69-71-73-75-77-79-81-83-85-87-94(99)105-92(91-104-96(95(100)101)102-89-88-97(3,4)5)90-103-93(98)86-84-82-80-78-76-74-72-70-68-66-64-62-60-58-56-54-52-50-48-45-43-41-39-37-35-33-31-29-27-25-23-21-19-17-15-13-11-9-7-2/h8-11,14-17,20-23,26-29,32-35,38-41,44-46,48-49,51,55,57,61,63,92,96H,6-7,12-13,18-19,24-25,30-31,36-37,42-43,47,50,52-54,56,58-60,62,64-91H2,1-5H3/b10-8-,11-9-,16-14-,17-15-,22-20-,23-21-,28-26-,29-27-,34-32-,35-33-,40-38-,41-39-,46-44-,48-45-,51-49-,57-55-,63-61-. The molecular weight excluding hydrogens is 1300 g/mol. The molecule has 0 amide bonds. The second-order valence-electron chi connectivity index (χ2n) is 28.7. The molecule has 0 radical (unpaired) electrons. The molecule has 0 bridgehead atoms. The Balaban J connectivity index is 4.08. The Morgan fingerprint density at radius 1 is 0.286 bits per heavy atom. The molecule has 0 heterocycles. The Morgan fingerprint density at radius 3 is 0.762 bits per heavy atom. The van der Waals surface area contributed by atoms with Gasteiger partial charge in [0.15, 0.2) is 12.4 Å². The lowest BCUT2D eigenvalue weighted by molar-refractivity contribution is -0.870. The van der Waals surface area contributed by atoms with Gasteiger partial charge in [0.25, 0.3) is 0 Å². The second kappa shape index (κ2) is 83.5. The molecule has 9 heteroatoms. The summed E-state index contributed by atoms with van der Waals surface area (Å²) < 4.78 is 22.9. The molecule has 0 aliphatic heterocycles. The van der Waals surface area contributed by atoms with Gasteiger partial charge in [0.2, 0.25) is 0 Å². The summed E-state index contributed by atoms with van der Waals surface area (Å²) >= 11 is 0. The van der Waals surface area contributed by atoms with Crippen molar-refractivity contribution in [2.24, 2.45) is 0 Å². The first-order chi connectivity index (χ1) is 51.6. The fraction of sp³-hybridized carbons (Fsp3) is 0.615. The zero-order valence-corrected chi connectivity index (χ0v) is 67.8. The zero-order valence-electron chi connectivity index (χ0n) is 67.8. The Morgan fingerprint density at radius 2 is 0.514 bits per heavy atom. The maximum atomic E-state index is 13.0. The summed E-state index contributed by atoms with van der Waals surface area (Å²) in [5.41, 5.74) is 0. The van der Waals surface area contributed by atoms with Crippen LogP contribution in [-0.4, -0.2) is 82.3 Å². The average molecular weight is 1450 g/mol. The molecular formula is C96H155NO8. The molecule has 2 unspecified atom stereocenters. The van der Waals surface area contributed by atoms with E-state index < -0.39 is 24.3 Å². The highest BCUT2D eigenvalue weighted by molar-refractivity contribution is 5.70. The first-order valence-electron chi connectivity index (χ1n) is 42.2. The number of likely N-dealkylation sites (N-methyl/N-ethyl adjacent to an activating group) is 1. The normalized spacial score (nSPS) is 13.7. The van der Waals surface area contributed by atoms with Crippen molar-refractivity contribution in [1.29, 1.82) is 0 Å². The van der Waals surface area contributed by atoms with Crippen LogP contribution in [0, 0.1) is 0 Å². The minimum Gasteiger partial charge on any atom is -0.545 e. The van der Waals surface area contributed by atoms with Crippen LogP contribution >= 0.6 is 0 Å². The molecule has 592 valence electrons. The van der Waals surface area contributed by atoms with Gasteiger partial charge in [0.05, 0.1) is 40.3 Å². The summed E-state index contributed by atoms with van der Waals surface area (Å²) in [5, 5.41) is 11.9. The van der Waals surface area contributed by atoms with Crippen molar-refractivity contribution in [1.82, 2.24) is 0 Å². The monoisotopic (exact) mass is 1450 g/mol. The molecule has 0 aliphatic carbocycles. The van der Waals surface area contributed by atoms with E-state index in [0.717, 1.165) is 154 Å². The van der Waals surface area contributed by atoms with Crippen molar-refractivity contribution in [2.75, 3.05) is 47.5 Å². The third-order valence-electron chi connectivity index (χ3n) is 17.5. The molecule has 0 aromatic rings. The van der Waals surface area contributed by atoms with E-state index in [2.05, 4.69) is 220 Å². The van der Waals surface area contributed by atoms with Crippen molar-refractivity contribution < 1.29 is 42.9 Å². The fourth-order valence-electron chi connectivity index (χ4n) is 11.2. The van der Waals surface area contributed by atoms with Gasteiger partial charge in [-0.1, -0.05) is 368 Å². The van der Waals surface area contributed by atoms with Crippen LogP contribution in [0.15, 0.2) is 207 Å². The summed E-state index contributed by atoms with van der Waals surface area (Å²) in [6.07, 6.45) is 127. The van der Waals surface area contributed by atoms with Gasteiger partial charge in [-0.2, -0.15) is 0 Å². The first-order valence-corrected chi connectivity index (χ1v) is 42.2. The molecule has 0 aromatic carbocycles. The van der Waals surface area contributed by atoms with Crippen LogP contribution in [0.4, 0.5) is 0 Å². The number of nitrogens with zero attached hydrogens (tertiary/aromatic N) is 1. The van der Waals surface area contributed by atoms with Crippen molar-refractivity contribution in [3.05, 3.63) is 207 Å². The number of hydrogen-bond acceptors (Lipinski definition) is 8. The van der Waals surface area contributed by atoms with Gasteiger partial charge in [0, 0.05) is 12.8 Å². The minimum atomic E-state index is -1.63. The van der Waals surface area contributed by atoms with Crippen LogP contribution < -0.4 is 5.11 Å².